The predicted molar refractivity (Wildman–Crippen MR) is 91.1 cm³/mol. The van der Waals surface area contributed by atoms with Crippen LogP contribution in [0.1, 0.15) is 24.8 Å². The van der Waals surface area contributed by atoms with E-state index < -0.39 is 25.9 Å². The van der Waals surface area contributed by atoms with Crippen LogP contribution in [0.4, 0.5) is 0 Å². The molecule has 0 N–H and O–H groups in total. The Balaban J connectivity index is 1.92. The zero-order valence-corrected chi connectivity index (χ0v) is 15.3. The summed E-state index contributed by atoms with van der Waals surface area (Å²) in [5.41, 5.74) is 0.369. The standard InChI is InChI=1S/C16H20N2O5S2/c17-10-13-3-5-16(6-4-13)25(21,22)18(11-15-2-1-8-23-15)14-7-9-24(19,20)12-14/h3-6,14-15H,1-2,7-9,11-12H2/t14-,15-/m1/s1. The molecule has 0 aromatic heterocycles. The molecule has 3 rings (SSSR count). The Hall–Kier alpha value is -1.47. The molecular formula is C16H20N2O5S2. The number of nitriles is 1. The van der Waals surface area contributed by atoms with Gasteiger partial charge < -0.3 is 4.74 Å². The summed E-state index contributed by atoms with van der Waals surface area (Å²) >= 11 is 0. The van der Waals surface area contributed by atoms with E-state index in [2.05, 4.69) is 0 Å². The molecule has 2 aliphatic heterocycles. The molecule has 2 atom stereocenters. The van der Waals surface area contributed by atoms with Crippen LogP contribution >= 0.6 is 0 Å². The van der Waals surface area contributed by atoms with E-state index >= 15 is 0 Å². The number of ether oxygens (including phenoxy) is 1. The van der Waals surface area contributed by atoms with Gasteiger partial charge in [0, 0.05) is 19.2 Å². The Morgan fingerprint density at radius 2 is 1.96 bits per heavy atom. The van der Waals surface area contributed by atoms with Gasteiger partial charge in [-0.3, -0.25) is 0 Å². The molecule has 0 amide bonds. The van der Waals surface area contributed by atoms with Crippen LogP contribution < -0.4 is 0 Å². The lowest BCUT2D eigenvalue weighted by molar-refractivity contribution is 0.0877. The third-order valence-corrected chi connectivity index (χ3v) is 8.30. The van der Waals surface area contributed by atoms with Crippen molar-refractivity contribution in [3.05, 3.63) is 29.8 Å². The smallest absolute Gasteiger partial charge is 0.243 e. The van der Waals surface area contributed by atoms with Gasteiger partial charge in [0.2, 0.25) is 10.0 Å². The van der Waals surface area contributed by atoms with Gasteiger partial charge in [-0.05, 0) is 43.5 Å². The zero-order valence-electron chi connectivity index (χ0n) is 13.7. The fourth-order valence-electron chi connectivity index (χ4n) is 3.27. The molecule has 1 aromatic rings. The van der Waals surface area contributed by atoms with Crippen molar-refractivity contribution >= 4 is 19.9 Å². The lowest BCUT2D eigenvalue weighted by Crippen LogP contribution is -2.45. The van der Waals surface area contributed by atoms with Crippen molar-refractivity contribution in [2.24, 2.45) is 0 Å². The molecule has 1 aromatic carbocycles. The molecule has 0 bridgehead atoms. The van der Waals surface area contributed by atoms with E-state index in [4.69, 9.17) is 10.00 Å². The average molecular weight is 384 g/mol. The minimum atomic E-state index is -3.87. The van der Waals surface area contributed by atoms with Crippen LogP contribution in [0.15, 0.2) is 29.2 Å². The first kappa shape index (κ1) is 18.3. The summed E-state index contributed by atoms with van der Waals surface area (Å²) in [6, 6.07) is 7.05. The lowest BCUT2D eigenvalue weighted by Gasteiger charge is -2.29. The first-order valence-electron chi connectivity index (χ1n) is 8.16. The SMILES string of the molecule is N#Cc1ccc(S(=O)(=O)N(C[C@H]2CCCO2)[C@@H]2CCS(=O)(=O)C2)cc1. The number of nitrogens with zero attached hydrogens (tertiary/aromatic N) is 2. The van der Waals surface area contributed by atoms with Gasteiger partial charge in [-0.15, -0.1) is 0 Å². The molecule has 25 heavy (non-hydrogen) atoms. The van der Waals surface area contributed by atoms with Gasteiger partial charge in [0.1, 0.15) is 0 Å². The second-order valence-electron chi connectivity index (χ2n) is 6.40. The van der Waals surface area contributed by atoms with Crippen LogP contribution in [0.2, 0.25) is 0 Å². The average Bonchev–Trinajstić information content (AvgIpc) is 3.21. The van der Waals surface area contributed by atoms with Gasteiger partial charge in [0.05, 0.1) is 34.1 Å². The van der Waals surface area contributed by atoms with E-state index in [0.717, 1.165) is 12.8 Å². The summed E-state index contributed by atoms with van der Waals surface area (Å²) in [7, 11) is -7.08. The first-order chi connectivity index (χ1) is 11.8. The van der Waals surface area contributed by atoms with Gasteiger partial charge in [-0.1, -0.05) is 0 Å². The lowest BCUT2D eigenvalue weighted by atomic mass is 10.2. The second kappa shape index (κ2) is 7.03. The van der Waals surface area contributed by atoms with E-state index in [-0.39, 0.29) is 29.0 Å². The van der Waals surface area contributed by atoms with Crippen molar-refractivity contribution in [2.45, 2.75) is 36.3 Å². The maximum Gasteiger partial charge on any atom is 0.243 e. The maximum absolute atomic E-state index is 13.1. The van der Waals surface area contributed by atoms with Crippen molar-refractivity contribution in [1.82, 2.24) is 4.31 Å². The normalized spacial score (nSPS) is 25.9. The van der Waals surface area contributed by atoms with Crippen molar-refractivity contribution < 1.29 is 21.6 Å². The van der Waals surface area contributed by atoms with Crippen LogP contribution in [0.3, 0.4) is 0 Å². The largest absolute Gasteiger partial charge is 0.377 e. The van der Waals surface area contributed by atoms with E-state index in [1.807, 2.05) is 6.07 Å². The van der Waals surface area contributed by atoms with Gasteiger partial charge in [-0.2, -0.15) is 9.57 Å². The van der Waals surface area contributed by atoms with Crippen LogP contribution in [-0.4, -0.2) is 57.9 Å². The third kappa shape index (κ3) is 4.03. The fourth-order valence-corrected chi connectivity index (χ4v) is 6.78. The Labute approximate surface area is 148 Å². The summed E-state index contributed by atoms with van der Waals surface area (Å²) in [4.78, 5) is 0.0637. The van der Waals surface area contributed by atoms with Gasteiger partial charge >= 0.3 is 0 Å². The van der Waals surface area contributed by atoms with Crippen LogP contribution in [0, 0.1) is 11.3 Å². The van der Waals surface area contributed by atoms with Crippen molar-refractivity contribution in [1.29, 1.82) is 5.26 Å². The fraction of sp³-hybridized carbons (Fsp3) is 0.562. The molecule has 2 heterocycles. The quantitative estimate of drug-likeness (QED) is 0.747. The minimum absolute atomic E-state index is 0.00256. The number of hydrogen-bond donors (Lipinski definition) is 0. The molecule has 0 radical (unpaired) electrons. The Morgan fingerprint density at radius 1 is 1.24 bits per heavy atom. The summed E-state index contributed by atoms with van der Waals surface area (Å²) in [5, 5.41) is 8.87. The first-order valence-corrected chi connectivity index (χ1v) is 11.4. The molecule has 7 nitrogen and oxygen atoms in total. The predicted octanol–water partition coefficient (Wildman–Crippen LogP) is 0.915. The number of rotatable bonds is 5. The Bertz CT molecular complexity index is 866. The number of hydrogen-bond acceptors (Lipinski definition) is 6. The highest BCUT2D eigenvalue weighted by Gasteiger charge is 2.40. The Kier molecular flexibility index (Phi) is 5.16. The second-order valence-corrected chi connectivity index (χ2v) is 10.5. The number of sulfonamides is 1. The van der Waals surface area contributed by atoms with Crippen LogP contribution in [0.5, 0.6) is 0 Å². The summed E-state index contributed by atoms with van der Waals surface area (Å²) in [6.45, 7) is 0.751. The molecule has 2 saturated heterocycles. The monoisotopic (exact) mass is 384 g/mol. The van der Waals surface area contributed by atoms with Crippen molar-refractivity contribution in [3.63, 3.8) is 0 Å². The molecule has 9 heteroatoms. The molecule has 2 fully saturated rings. The van der Waals surface area contributed by atoms with E-state index in [9.17, 15) is 16.8 Å². The van der Waals surface area contributed by atoms with Gasteiger partial charge in [-0.25, -0.2) is 16.8 Å². The summed E-state index contributed by atoms with van der Waals surface area (Å²) in [5.74, 6) is -0.155. The third-order valence-electron chi connectivity index (χ3n) is 4.61. The van der Waals surface area contributed by atoms with Crippen molar-refractivity contribution in [2.75, 3.05) is 24.7 Å². The van der Waals surface area contributed by atoms with E-state index in [1.54, 1.807) is 0 Å². The maximum atomic E-state index is 13.1. The zero-order chi connectivity index (χ0) is 18.1. The van der Waals surface area contributed by atoms with Crippen LogP contribution in [0.25, 0.3) is 0 Å². The highest BCUT2D eigenvalue weighted by molar-refractivity contribution is 7.92. The highest BCUT2D eigenvalue weighted by atomic mass is 32.2. The topological polar surface area (TPSA) is 105 Å². The summed E-state index contributed by atoms with van der Waals surface area (Å²) in [6.07, 6.45) is 1.72. The molecule has 136 valence electrons. The summed E-state index contributed by atoms with van der Waals surface area (Å²) < 4.78 is 56.8. The molecule has 0 unspecified atom stereocenters. The molecule has 2 aliphatic rings. The highest BCUT2D eigenvalue weighted by Crippen LogP contribution is 2.27. The minimum Gasteiger partial charge on any atom is -0.377 e. The van der Waals surface area contributed by atoms with Gasteiger partial charge in [0.15, 0.2) is 9.84 Å². The van der Waals surface area contributed by atoms with E-state index in [0.29, 0.717) is 18.6 Å². The van der Waals surface area contributed by atoms with Crippen molar-refractivity contribution in [3.8, 4) is 6.07 Å². The Morgan fingerprint density at radius 3 is 2.48 bits per heavy atom. The molecule has 0 aliphatic carbocycles. The molecule has 0 saturated carbocycles. The number of sulfone groups is 1. The van der Waals surface area contributed by atoms with Gasteiger partial charge in [0.25, 0.3) is 0 Å². The molecular weight excluding hydrogens is 364 g/mol. The molecule has 0 spiro atoms. The number of benzene rings is 1. The van der Waals surface area contributed by atoms with Crippen LogP contribution in [-0.2, 0) is 24.6 Å². The van der Waals surface area contributed by atoms with E-state index in [1.165, 1.54) is 28.6 Å².